The number of rotatable bonds is 5. The molecule has 3 rings (SSSR count). The van der Waals surface area contributed by atoms with Crippen LogP contribution in [-0.2, 0) is 0 Å². The molecule has 2 aromatic rings. The molecule has 26 heavy (non-hydrogen) atoms. The fourth-order valence-corrected chi connectivity index (χ4v) is 3.35. The van der Waals surface area contributed by atoms with Crippen LogP contribution < -0.4 is 9.64 Å². The first-order chi connectivity index (χ1) is 12.5. The second-order valence-corrected chi connectivity index (χ2v) is 6.56. The highest BCUT2D eigenvalue weighted by atomic mass is 16.6. The Kier molecular flexibility index (Phi) is 5.37. The Labute approximate surface area is 153 Å². The molecule has 1 aromatic heterocycles. The van der Waals surface area contributed by atoms with Crippen LogP contribution >= 0.6 is 0 Å². The zero-order chi connectivity index (χ0) is 18.7. The molecule has 1 aromatic carbocycles. The second-order valence-electron chi connectivity index (χ2n) is 6.56. The molecule has 0 bridgehead atoms. The molecule has 7 nitrogen and oxygen atoms in total. The summed E-state index contributed by atoms with van der Waals surface area (Å²) in [4.78, 5) is 19.5. The van der Waals surface area contributed by atoms with Crippen molar-refractivity contribution in [3.63, 3.8) is 0 Å². The van der Waals surface area contributed by atoms with E-state index in [1.54, 1.807) is 20.1 Å². The van der Waals surface area contributed by atoms with E-state index in [0.29, 0.717) is 11.6 Å². The zero-order valence-electron chi connectivity index (χ0n) is 15.4. The molecule has 0 saturated carbocycles. The number of nitro groups is 1. The van der Waals surface area contributed by atoms with E-state index in [0.717, 1.165) is 37.7 Å². The summed E-state index contributed by atoms with van der Waals surface area (Å²) in [5.41, 5.74) is 1.95. The van der Waals surface area contributed by atoms with Gasteiger partial charge in [0.15, 0.2) is 0 Å². The number of aromatic nitrogens is 1. The number of aryl methyl sites for hydroxylation is 1. The molecule has 1 unspecified atom stereocenters. The zero-order valence-corrected chi connectivity index (χ0v) is 15.4. The van der Waals surface area contributed by atoms with Crippen LogP contribution in [0.15, 0.2) is 36.5 Å². The minimum Gasteiger partial charge on any atom is -0.497 e. The fraction of sp³-hybridized carbons (Fsp3) is 0.421. The number of pyridine rings is 1. The van der Waals surface area contributed by atoms with Gasteiger partial charge < -0.3 is 9.64 Å². The highest BCUT2D eigenvalue weighted by Gasteiger charge is 2.24. The number of piperazine rings is 1. The first kappa shape index (κ1) is 18.1. The first-order valence-electron chi connectivity index (χ1n) is 8.73. The van der Waals surface area contributed by atoms with E-state index in [4.69, 9.17) is 4.74 Å². The van der Waals surface area contributed by atoms with Crippen LogP contribution in [0.5, 0.6) is 5.75 Å². The predicted molar refractivity (Wildman–Crippen MR) is 101 cm³/mol. The van der Waals surface area contributed by atoms with Crippen LogP contribution in [0.25, 0.3) is 0 Å². The van der Waals surface area contributed by atoms with E-state index in [-0.39, 0.29) is 10.6 Å². The topological polar surface area (TPSA) is 71.7 Å². The smallest absolute Gasteiger partial charge is 0.290 e. The molecule has 0 N–H and O–H groups in total. The van der Waals surface area contributed by atoms with E-state index in [2.05, 4.69) is 33.8 Å². The largest absolute Gasteiger partial charge is 0.497 e. The third-order valence-electron chi connectivity index (χ3n) is 5.03. The molecule has 1 fully saturated rings. The molecule has 1 atom stereocenters. The van der Waals surface area contributed by atoms with Crippen LogP contribution in [0, 0.1) is 17.0 Å². The van der Waals surface area contributed by atoms with Crippen LogP contribution in [0.2, 0.25) is 0 Å². The summed E-state index contributed by atoms with van der Waals surface area (Å²) in [5, 5.41) is 10.9. The summed E-state index contributed by atoms with van der Waals surface area (Å²) >= 11 is 0. The highest BCUT2D eigenvalue weighted by Crippen LogP contribution is 2.27. The van der Waals surface area contributed by atoms with Crippen LogP contribution in [0.4, 0.5) is 11.5 Å². The van der Waals surface area contributed by atoms with Gasteiger partial charge in [-0.2, -0.15) is 0 Å². The Morgan fingerprint density at radius 3 is 2.58 bits per heavy atom. The SMILES string of the molecule is COc1cccc(C(C)N2CCN(c3cc(C)c([N+](=O)[O-])cn3)CC2)c1. The Balaban J connectivity index is 1.65. The average molecular weight is 356 g/mol. The minimum atomic E-state index is -0.389. The molecule has 7 heteroatoms. The van der Waals surface area contributed by atoms with Crippen molar-refractivity contribution in [2.45, 2.75) is 19.9 Å². The van der Waals surface area contributed by atoms with Gasteiger partial charge in [0.1, 0.15) is 17.8 Å². The summed E-state index contributed by atoms with van der Waals surface area (Å²) in [6.07, 6.45) is 1.36. The van der Waals surface area contributed by atoms with Gasteiger partial charge in [-0.25, -0.2) is 4.98 Å². The molecule has 0 aliphatic carbocycles. The van der Waals surface area contributed by atoms with Crippen molar-refractivity contribution in [1.82, 2.24) is 9.88 Å². The van der Waals surface area contributed by atoms with E-state index in [9.17, 15) is 10.1 Å². The lowest BCUT2D eigenvalue weighted by molar-refractivity contribution is -0.385. The van der Waals surface area contributed by atoms with Crippen LogP contribution in [0.3, 0.4) is 0 Å². The monoisotopic (exact) mass is 356 g/mol. The summed E-state index contributed by atoms with van der Waals surface area (Å²) in [7, 11) is 1.68. The van der Waals surface area contributed by atoms with Crippen molar-refractivity contribution in [2.75, 3.05) is 38.2 Å². The molecule has 0 radical (unpaired) electrons. The maximum atomic E-state index is 10.9. The molecule has 1 saturated heterocycles. The summed E-state index contributed by atoms with van der Waals surface area (Å²) in [5.74, 6) is 1.68. The van der Waals surface area contributed by atoms with Gasteiger partial charge in [0.05, 0.1) is 12.0 Å². The lowest BCUT2D eigenvalue weighted by Crippen LogP contribution is -2.47. The Hall–Kier alpha value is -2.67. The van der Waals surface area contributed by atoms with Gasteiger partial charge in [-0.1, -0.05) is 12.1 Å². The number of benzene rings is 1. The molecule has 1 aliphatic heterocycles. The number of hydrogen-bond acceptors (Lipinski definition) is 6. The van der Waals surface area contributed by atoms with Crippen molar-refractivity contribution in [2.24, 2.45) is 0 Å². The Bertz CT molecular complexity index is 788. The number of nitrogens with zero attached hydrogens (tertiary/aromatic N) is 4. The van der Waals surface area contributed by atoms with Gasteiger partial charge in [0.25, 0.3) is 5.69 Å². The molecule has 0 amide bonds. The van der Waals surface area contributed by atoms with Crippen molar-refractivity contribution in [3.05, 3.63) is 57.8 Å². The van der Waals surface area contributed by atoms with Crippen molar-refractivity contribution < 1.29 is 9.66 Å². The number of hydrogen-bond donors (Lipinski definition) is 0. The molecular formula is C19H24N4O3. The van der Waals surface area contributed by atoms with Crippen LogP contribution in [0.1, 0.15) is 24.1 Å². The Morgan fingerprint density at radius 1 is 1.23 bits per heavy atom. The second kappa shape index (κ2) is 7.70. The van der Waals surface area contributed by atoms with E-state index in [1.165, 1.54) is 11.8 Å². The molecule has 2 heterocycles. The van der Waals surface area contributed by atoms with Gasteiger partial charge in [-0.05, 0) is 37.6 Å². The van der Waals surface area contributed by atoms with Gasteiger partial charge in [-0.3, -0.25) is 15.0 Å². The van der Waals surface area contributed by atoms with Crippen molar-refractivity contribution in [3.8, 4) is 5.75 Å². The third-order valence-corrected chi connectivity index (χ3v) is 5.03. The van der Waals surface area contributed by atoms with Crippen LogP contribution in [-0.4, -0.2) is 48.1 Å². The third kappa shape index (κ3) is 3.77. The van der Waals surface area contributed by atoms with Gasteiger partial charge >= 0.3 is 0 Å². The Morgan fingerprint density at radius 2 is 1.96 bits per heavy atom. The van der Waals surface area contributed by atoms with Gasteiger partial charge in [-0.15, -0.1) is 0 Å². The van der Waals surface area contributed by atoms with E-state index < -0.39 is 0 Å². The molecule has 1 aliphatic rings. The highest BCUT2D eigenvalue weighted by molar-refractivity contribution is 5.49. The van der Waals surface area contributed by atoms with Crippen molar-refractivity contribution in [1.29, 1.82) is 0 Å². The number of anilines is 1. The molecular weight excluding hydrogens is 332 g/mol. The summed E-state index contributed by atoms with van der Waals surface area (Å²) in [6, 6.07) is 10.3. The lowest BCUT2D eigenvalue weighted by Gasteiger charge is -2.38. The lowest BCUT2D eigenvalue weighted by atomic mass is 10.1. The normalized spacial score (nSPS) is 16.3. The maximum Gasteiger partial charge on any atom is 0.290 e. The summed E-state index contributed by atoms with van der Waals surface area (Å²) in [6.45, 7) is 7.48. The summed E-state index contributed by atoms with van der Waals surface area (Å²) < 4.78 is 5.32. The predicted octanol–water partition coefficient (Wildman–Crippen LogP) is 3.19. The molecule has 138 valence electrons. The van der Waals surface area contributed by atoms with Crippen molar-refractivity contribution >= 4 is 11.5 Å². The molecule has 0 spiro atoms. The minimum absolute atomic E-state index is 0.0685. The van der Waals surface area contributed by atoms with Gasteiger partial charge in [0.2, 0.25) is 0 Å². The number of methoxy groups -OCH3 is 1. The first-order valence-corrected chi connectivity index (χ1v) is 8.73. The van der Waals surface area contributed by atoms with E-state index >= 15 is 0 Å². The fourth-order valence-electron chi connectivity index (χ4n) is 3.35. The number of ether oxygens (including phenoxy) is 1. The van der Waals surface area contributed by atoms with Gasteiger partial charge in [0, 0.05) is 37.8 Å². The standard InChI is InChI=1S/C19H24N4O3/c1-14-11-19(20-13-18(14)23(24)25)22-9-7-21(8-10-22)15(2)16-5-4-6-17(12-16)26-3/h4-6,11-13,15H,7-10H2,1-3H3. The van der Waals surface area contributed by atoms with E-state index in [1.807, 2.05) is 12.1 Å². The quantitative estimate of drug-likeness (QED) is 0.605. The maximum absolute atomic E-state index is 10.9. The average Bonchev–Trinajstić information content (AvgIpc) is 2.67.